The number of rotatable bonds is 7. The molecule has 0 spiro atoms. The number of aromatic carboxylic acids is 1. The van der Waals surface area contributed by atoms with E-state index in [-0.39, 0.29) is 18.1 Å². The standard InChI is InChI=1S/C19H21NO4/c1-14(11-15-7-9-17(10-8-15)18(21)22)12-20-19(23)24-13-16-5-3-2-4-6-16/h2-10,14H,11-13H2,1H3,(H,20,23)(H,21,22). The molecule has 1 atom stereocenters. The quantitative estimate of drug-likeness (QED) is 0.816. The molecular formula is C19H21NO4. The number of alkyl carbamates (subject to hydrolysis) is 1. The monoisotopic (exact) mass is 327 g/mol. The van der Waals surface area contributed by atoms with Crippen LogP contribution in [0.2, 0.25) is 0 Å². The minimum absolute atomic E-state index is 0.213. The van der Waals surface area contributed by atoms with Crippen LogP contribution in [-0.4, -0.2) is 23.7 Å². The highest BCUT2D eigenvalue weighted by atomic mass is 16.5. The van der Waals surface area contributed by atoms with Crippen LogP contribution in [0, 0.1) is 5.92 Å². The van der Waals surface area contributed by atoms with E-state index in [9.17, 15) is 9.59 Å². The van der Waals surface area contributed by atoms with E-state index in [0.717, 1.165) is 17.5 Å². The molecule has 0 fully saturated rings. The van der Waals surface area contributed by atoms with Crippen LogP contribution in [-0.2, 0) is 17.8 Å². The summed E-state index contributed by atoms with van der Waals surface area (Å²) in [5, 5.41) is 11.6. The van der Waals surface area contributed by atoms with Gasteiger partial charge < -0.3 is 15.2 Å². The Morgan fingerprint density at radius 1 is 1.04 bits per heavy atom. The van der Waals surface area contributed by atoms with Crippen molar-refractivity contribution in [3.05, 3.63) is 71.3 Å². The Morgan fingerprint density at radius 2 is 1.71 bits per heavy atom. The zero-order valence-electron chi connectivity index (χ0n) is 13.6. The van der Waals surface area contributed by atoms with Crippen LogP contribution >= 0.6 is 0 Å². The van der Waals surface area contributed by atoms with Crippen molar-refractivity contribution in [1.29, 1.82) is 0 Å². The number of nitrogens with one attached hydrogen (secondary N) is 1. The van der Waals surface area contributed by atoms with Crippen molar-refractivity contribution in [2.24, 2.45) is 5.92 Å². The van der Waals surface area contributed by atoms with Crippen molar-refractivity contribution in [1.82, 2.24) is 5.32 Å². The molecule has 1 unspecified atom stereocenters. The van der Waals surface area contributed by atoms with Crippen molar-refractivity contribution in [2.75, 3.05) is 6.54 Å². The summed E-state index contributed by atoms with van der Waals surface area (Å²) in [7, 11) is 0. The minimum Gasteiger partial charge on any atom is -0.478 e. The van der Waals surface area contributed by atoms with Gasteiger partial charge in [-0.25, -0.2) is 9.59 Å². The van der Waals surface area contributed by atoms with E-state index < -0.39 is 12.1 Å². The summed E-state index contributed by atoms with van der Waals surface area (Å²) in [6.07, 6.45) is 0.311. The van der Waals surface area contributed by atoms with Crippen LogP contribution in [0.25, 0.3) is 0 Å². The lowest BCUT2D eigenvalue weighted by atomic mass is 10.00. The largest absolute Gasteiger partial charge is 0.478 e. The molecule has 0 bridgehead atoms. The van der Waals surface area contributed by atoms with Crippen LogP contribution in [0.1, 0.15) is 28.4 Å². The summed E-state index contributed by atoms with van der Waals surface area (Å²) < 4.78 is 5.16. The van der Waals surface area contributed by atoms with Gasteiger partial charge in [-0.05, 0) is 35.6 Å². The second-order valence-electron chi connectivity index (χ2n) is 5.75. The summed E-state index contributed by atoms with van der Waals surface area (Å²) in [6, 6.07) is 16.3. The van der Waals surface area contributed by atoms with E-state index in [1.807, 2.05) is 37.3 Å². The highest BCUT2D eigenvalue weighted by Gasteiger charge is 2.09. The molecular weight excluding hydrogens is 306 g/mol. The first-order valence-electron chi connectivity index (χ1n) is 7.81. The maximum Gasteiger partial charge on any atom is 0.407 e. The Kier molecular flexibility index (Phi) is 6.37. The lowest BCUT2D eigenvalue weighted by molar-refractivity contribution is 0.0696. The number of benzene rings is 2. The van der Waals surface area contributed by atoms with Gasteiger partial charge in [0.1, 0.15) is 6.61 Å². The number of carbonyl (C=O) groups excluding carboxylic acids is 1. The average Bonchev–Trinajstić information content (AvgIpc) is 2.59. The first-order valence-corrected chi connectivity index (χ1v) is 7.81. The number of carbonyl (C=O) groups is 2. The molecule has 0 saturated carbocycles. The van der Waals surface area contributed by atoms with Crippen LogP contribution < -0.4 is 5.32 Å². The van der Waals surface area contributed by atoms with Crippen LogP contribution in [0.3, 0.4) is 0 Å². The summed E-state index contributed by atoms with van der Waals surface area (Å²) in [6.45, 7) is 2.76. The van der Waals surface area contributed by atoms with Gasteiger partial charge in [-0.1, -0.05) is 49.4 Å². The van der Waals surface area contributed by atoms with Crippen molar-refractivity contribution >= 4 is 12.1 Å². The van der Waals surface area contributed by atoms with Crippen LogP contribution in [0.4, 0.5) is 4.79 Å². The fraction of sp³-hybridized carbons (Fsp3) is 0.263. The van der Waals surface area contributed by atoms with E-state index >= 15 is 0 Å². The SMILES string of the molecule is CC(CNC(=O)OCc1ccccc1)Cc1ccc(C(=O)O)cc1. The summed E-state index contributed by atoms with van der Waals surface area (Å²) in [5.74, 6) is -0.720. The minimum atomic E-state index is -0.933. The second kappa shape index (κ2) is 8.72. The predicted molar refractivity (Wildman–Crippen MR) is 90.9 cm³/mol. The third-order valence-corrected chi connectivity index (χ3v) is 3.59. The average molecular weight is 327 g/mol. The molecule has 2 rings (SSSR count). The van der Waals surface area contributed by atoms with Crippen LogP contribution in [0.5, 0.6) is 0 Å². The van der Waals surface area contributed by atoms with Gasteiger partial charge in [-0.3, -0.25) is 0 Å². The Labute approximate surface area is 141 Å². The molecule has 24 heavy (non-hydrogen) atoms. The number of hydrogen-bond acceptors (Lipinski definition) is 3. The maximum absolute atomic E-state index is 11.7. The Hall–Kier alpha value is -2.82. The topological polar surface area (TPSA) is 75.6 Å². The number of hydrogen-bond donors (Lipinski definition) is 2. The first-order chi connectivity index (χ1) is 11.5. The molecule has 5 heteroatoms. The third kappa shape index (κ3) is 5.76. The molecule has 2 aromatic carbocycles. The molecule has 2 aromatic rings. The van der Waals surface area contributed by atoms with E-state index in [4.69, 9.17) is 9.84 Å². The van der Waals surface area contributed by atoms with Gasteiger partial charge in [0.15, 0.2) is 0 Å². The fourth-order valence-electron chi connectivity index (χ4n) is 2.29. The molecule has 0 heterocycles. The first kappa shape index (κ1) is 17.5. The Balaban J connectivity index is 1.71. The van der Waals surface area contributed by atoms with Gasteiger partial charge in [0.25, 0.3) is 0 Å². The van der Waals surface area contributed by atoms with Crippen LogP contribution in [0.15, 0.2) is 54.6 Å². The fourth-order valence-corrected chi connectivity index (χ4v) is 2.29. The number of amides is 1. The molecule has 0 aliphatic heterocycles. The van der Waals surface area contributed by atoms with Crippen molar-refractivity contribution in [2.45, 2.75) is 20.0 Å². The van der Waals surface area contributed by atoms with Crippen molar-refractivity contribution in [3.8, 4) is 0 Å². The smallest absolute Gasteiger partial charge is 0.407 e. The normalized spacial score (nSPS) is 11.5. The number of carboxylic acids is 1. The van der Waals surface area contributed by atoms with Crippen molar-refractivity contribution in [3.63, 3.8) is 0 Å². The third-order valence-electron chi connectivity index (χ3n) is 3.59. The van der Waals surface area contributed by atoms with E-state index in [0.29, 0.717) is 6.54 Å². The number of carboxylic acid groups (broad SMARTS) is 1. The van der Waals surface area contributed by atoms with Gasteiger partial charge >= 0.3 is 12.1 Å². The summed E-state index contributed by atoms with van der Waals surface area (Å²) in [5.41, 5.74) is 2.25. The molecule has 0 aliphatic carbocycles. The maximum atomic E-state index is 11.7. The molecule has 2 N–H and O–H groups in total. The zero-order valence-corrected chi connectivity index (χ0v) is 13.6. The van der Waals surface area contributed by atoms with Gasteiger partial charge in [0.05, 0.1) is 5.56 Å². The van der Waals surface area contributed by atoms with Gasteiger partial charge in [0.2, 0.25) is 0 Å². The lowest BCUT2D eigenvalue weighted by Gasteiger charge is -2.13. The van der Waals surface area contributed by atoms with Gasteiger partial charge in [0, 0.05) is 6.54 Å². The summed E-state index contributed by atoms with van der Waals surface area (Å²) in [4.78, 5) is 22.5. The second-order valence-corrected chi connectivity index (χ2v) is 5.75. The highest BCUT2D eigenvalue weighted by molar-refractivity contribution is 5.87. The lowest BCUT2D eigenvalue weighted by Crippen LogP contribution is -2.29. The van der Waals surface area contributed by atoms with Crippen molar-refractivity contribution < 1.29 is 19.4 Å². The van der Waals surface area contributed by atoms with Gasteiger partial charge in [-0.15, -0.1) is 0 Å². The molecule has 5 nitrogen and oxygen atoms in total. The van der Waals surface area contributed by atoms with E-state index in [2.05, 4.69) is 5.32 Å². The molecule has 0 saturated heterocycles. The highest BCUT2D eigenvalue weighted by Crippen LogP contribution is 2.10. The molecule has 1 amide bonds. The molecule has 0 aliphatic rings. The van der Waals surface area contributed by atoms with E-state index in [1.54, 1.807) is 24.3 Å². The predicted octanol–water partition coefficient (Wildman–Crippen LogP) is 3.49. The van der Waals surface area contributed by atoms with Gasteiger partial charge in [-0.2, -0.15) is 0 Å². The number of ether oxygens (including phenoxy) is 1. The Morgan fingerprint density at radius 3 is 2.33 bits per heavy atom. The zero-order chi connectivity index (χ0) is 17.4. The molecule has 0 aromatic heterocycles. The Bertz CT molecular complexity index is 668. The molecule has 0 radical (unpaired) electrons. The molecule has 126 valence electrons. The summed E-state index contributed by atoms with van der Waals surface area (Å²) >= 11 is 0. The van der Waals surface area contributed by atoms with E-state index in [1.165, 1.54) is 0 Å².